The lowest BCUT2D eigenvalue weighted by atomic mass is 9.90. The molecule has 1 N–H and O–H groups in total. The minimum Gasteiger partial charge on any atom is -0.370 e. The minimum absolute atomic E-state index is 0.314. The van der Waals surface area contributed by atoms with Crippen LogP contribution in [0.1, 0.15) is 49.8 Å². The Morgan fingerprint density at radius 2 is 2.00 bits per heavy atom. The predicted molar refractivity (Wildman–Crippen MR) is 99.0 cm³/mol. The largest absolute Gasteiger partial charge is 0.370 e. The molecule has 0 bridgehead atoms. The number of nitrogens with one attached hydrogen (secondary N) is 1. The summed E-state index contributed by atoms with van der Waals surface area (Å²) in [6, 6.07) is 3.70. The van der Waals surface area contributed by atoms with Crippen LogP contribution in [0.3, 0.4) is 0 Å². The van der Waals surface area contributed by atoms with Gasteiger partial charge in [-0.15, -0.1) is 0 Å². The molecule has 3 heterocycles. The van der Waals surface area contributed by atoms with E-state index >= 15 is 0 Å². The fraction of sp³-hybridized carbons (Fsp3) is 0.550. The first-order valence-corrected chi connectivity index (χ1v) is 9.70. The number of hydrogen-bond acceptors (Lipinski definition) is 3. The van der Waals surface area contributed by atoms with E-state index < -0.39 is 11.6 Å². The van der Waals surface area contributed by atoms with Gasteiger partial charge >= 0.3 is 0 Å². The summed E-state index contributed by atoms with van der Waals surface area (Å²) in [5.74, 6) is 0.162. The van der Waals surface area contributed by atoms with Crippen LogP contribution >= 0.6 is 0 Å². The van der Waals surface area contributed by atoms with E-state index in [4.69, 9.17) is 5.10 Å². The summed E-state index contributed by atoms with van der Waals surface area (Å²) in [6.45, 7) is 6.31. The Balaban J connectivity index is 1.74. The molecule has 1 fully saturated rings. The van der Waals surface area contributed by atoms with Crippen molar-refractivity contribution in [2.75, 3.05) is 31.5 Å². The van der Waals surface area contributed by atoms with E-state index in [-0.39, 0.29) is 0 Å². The highest BCUT2D eigenvalue weighted by Gasteiger charge is 2.29. The Morgan fingerprint density at radius 3 is 2.73 bits per heavy atom. The molecule has 4 rings (SSSR count). The molecule has 0 aliphatic carbocycles. The number of benzene rings is 1. The second-order valence-electron chi connectivity index (χ2n) is 7.31. The van der Waals surface area contributed by atoms with E-state index in [2.05, 4.69) is 17.1 Å². The number of halogens is 2. The summed E-state index contributed by atoms with van der Waals surface area (Å²) in [6.07, 6.45) is 5.34. The number of piperidine rings is 1. The molecule has 0 atom stereocenters. The fourth-order valence-corrected chi connectivity index (χ4v) is 4.21. The van der Waals surface area contributed by atoms with Gasteiger partial charge in [0.2, 0.25) is 0 Å². The second kappa shape index (κ2) is 7.35. The van der Waals surface area contributed by atoms with Crippen molar-refractivity contribution in [1.82, 2.24) is 14.7 Å². The normalized spacial score (nSPS) is 19.0. The number of likely N-dealkylation sites (tertiary alicyclic amines) is 1. The Kier molecular flexibility index (Phi) is 4.94. The third-order valence-electron chi connectivity index (χ3n) is 5.72. The van der Waals surface area contributed by atoms with Crippen molar-refractivity contribution in [2.45, 2.75) is 44.9 Å². The molecule has 2 aliphatic rings. The van der Waals surface area contributed by atoms with Crippen LogP contribution in [0.25, 0.3) is 5.69 Å². The third-order valence-corrected chi connectivity index (χ3v) is 5.72. The van der Waals surface area contributed by atoms with Crippen LogP contribution in [-0.4, -0.2) is 40.9 Å². The zero-order valence-electron chi connectivity index (χ0n) is 15.3. The standard InChI is InChI=1S/C20H26F2N4/c1-2-25-11-8-14(9-12-25)19-16-5-3-4-10-23-20(16)26(24-19)18-7-6-15(21)13-17(18)22/h6-7,13-14,23H,2-5,8-12H2,1H3. The maximum absolute atomic E-state index is 14.4. The number of aromatic nitrogens is 2. The van der Waals surface area contributed by atoms with Gasteiger partial charge in [0, 0.05) is 24.1 Å². The SMILES string of the molecule is CCN1CCC(c2nn(-c3ccc(F)cc3F)c3c2CCCCN3)CC1. The van der Waals surface area contributed by atoms with Gasteiger partial charge in [0.05, 0.1) is 5.69 Å². The molecule has 0 unspecified atom stereocenters. The van der Waals surface area contributed by atoms with Crippen molar-refractivity contribution in [2.24, 2.45) is 0 Å². The van der Waals surface area contributed by atoms with Gasteiger partial charge in [-0.05, 0) is 63.9 Å². The summed E-state index contributed by atoms with van der Waals surface area (Å²) in [5, 5.41) is 8.29. The van der Waals surface area contributed by atoms with Crippen molar-refractivity contribution in [3.05, 3.63) is 41.1 Å². The van der Waals surface area contributed by atoms with E-state index in [1.807, 2.05) is 0 Å². The van der Waals surface area contributed by atoms with Gasteiger partial charge < -0.3 is 10.2 Å². The molecule has 140 valence electrons. The van der Waals surface area contributed by atoms with Crippen LogP contribution in [0.2, 0.25) is 0 Å². The topological polar surface area (TPSA) is 33.1 Å². The van der Waals surface area contributed by atoms with E-state index in [9.17, 15) is 8.78 Å². The Hall–Kier alpha value is -1.95. The van der Waals surface area contributed by atoms with Crippen molar-refractivity contribution in [3.63, 3.8) is 0 Å². The lowest BCUT2D eigenvalue weighted by Crippen LogP contribution is -2.33. The van der Waals surface area contributed by atoms with Gasteiger partial charge in [-0.25, -0.2) is 13.5 Å². The highest BCUT2D eigenvalue weighted by atomic mass is 19.1. The summed E-state index contributed by atoms with van der Waals surface area (Å²) >= 11 is 0. The zero-order valence-corrected chi connectivity index (χ0v) is 15.3. The molecule has 0 radical (unpaired) electrons. The molecule has 2 aromatic rings. The number of fused-ring (bicyclic) bond motifs is 1. The van der Waals surface area contributed by atoms with E-state index in [1.165, 1.54) is 17.7 Å². The molecule has 1 saturated heterocycles. The summed E-state index contributed by atoms with van der Waals surface area (Å²) in [4.78, 5) is 2.46. The first kappa shape index (κ1) is 17.5. The van der Waals surface area contributed by atoms with E-state index in [0.717, 1.165) is 75.9 Å². The third kappa shape index (κ3) is 3.22. The molecule has 4 nitrogen and oxygen atoms in total. The van der Waals surface area contributed by atoms with Crippen LogP contribution in [0.4, 0.5) is 14.6 Å². The predicted octanol–water partition coefficient (Wildman–Crippen LogP) is 4.10. The zero-order chi connectivity index (χ0) is 18.1. The average Bonchev–Trinajstić information content (AvgIpc) is 2.83. The molecular formula is C20H26F2N4. The Morgan fingerprint density at radius 1 is 1.19 bits per heavy atom. The van der Waals surface area contributed by atoms with Gasteiger partial charge in [-0.3, -0.25) is 0 Å². The van der Waals surface area contributed by atoms with Gasteiger partial charge in [-0.1, -0.05) is 6.92 Å². The Bertz CT molecular complexity index is 778. The minimum atomic E-state index is -0.575. The quantitative estimate of drug-likeness (QED) is 0.895. The van der Waals surface area contributed by atoms with Crippen LogP contribution in [0.5, 0.6) is 0 Å². The molecule has 26 heavy (non-hydrogen) atoms. The molecule has 0 amide bonds. The summed E-state index contributed by atoms with van der Waals surface area (Å²) in [5.41, 5.74) is 2.64. The molecule has 1 aromatic heterocycles. The molecular weight excluding hydrogens is 334 g/mol. The molecule has 6 heteroatoms. The second-order valence-corrected chi connectivity index (χ2v) is 7.31. The first-order chi connectivity index (χ1) is 12.7. The van der Waals surface area contributed by atoms with Crippen molar-refractivity contribution in [3.8, 4) is 5.69 Å². The Labute approximate surface area is 153 Å². The number of rotatable bonds is 3. The molecule has 1 aromatic carbocycles. The number of hydrogen-bond donors (Lipinski definition) is 1. The van der Waals surface area contributed by atoms with Crippen molar-refractivity contribution < 1.29 is 8.78 Å². The van der Waals surface area contributed by atoms with Crippen LogP contribution in [0.15, 0.2) is 18.2 Å². The lowest BCUT2D eigenvalue weighted by Gasteiger charge is -2.30. The van der Waals surface area contributed by atoms with Crippen LogP contribution < -0.4 is 5.32 Å². The summed E-state index contributed by atoms with van der Waals surface area (Å²) < 4.78 is 29.4. The van der Waals surface area contributed by atoms with Crippen molar-refractivity contribution >= 4 is 5.82 Å². The molecule has 0 saturated carbocycles. The maximum Gasteiger partial charge on any atom is 0.151 e. The van der Waals surface area contributed by atoms with Crippen LogP contribution in [0, 0.1) is 11.6 Å². The molecule has 0 spiro atoms. The van der Waals surface area contributed by atoms with E-state index in [1.54, 1.807) is 4.68 Å². The number of anilines is 1. The van der Waals surface area contributed by atoms with Gasteiger partial charge in [0.15, 0.2) is 5.82 Å². The highest BCUT2D eigenvalue weighted by Crippen LogP contribution is 2.36. The van der Waals surface area contributed by atoms with Crippen molar-refractivity contribution in [1.29, 1.82) is 0 Å². The monoisotopic (exact) mass is 360 g/mol. The molecule has 2 aliphatic heterocycles. The lowest BCUT2D eigenvalue weighted by molar-refractivity contribution is 0.220. The first-order valence-electron chi connectivity index (χ1n) is 9.70. The smallest absolute Gasteiger partial charge is 0.151 e. The van der Waals surface area contributed by atoms with Gasteiger partial charge in [0.1, 0.15) is 17.3 Å². The van der Waals surface area contributed by atoms with Gasteiger partial charge in [0.25, 0.3) is 0 Å². The maximum atomic E-state index is 14.4. The van der Waals surface area contributed by atoms with Crippen LogP contribution in [-0.2, 0) is 6.42 Å². The number of nitrogens with zero attached hydrogens (tertiary/aromatic N) is 3. The summed E-state index contributed by atoms with van der Waals surface area (Å²) in [7, 11) is 0. The van der Waals surface area contributed by atoms with Gasteiger partial charge in [-0.2, -0.15) is 5.10 Å². The highest BCUT2D eigenvalue weighted by molar-refractivity contribution is 5.55. The average molecular weight is 360 g/mol. The van der Waals surface area contributed by atoms with E-state index in [0.29, 0.717) is 11.6 Å². The fourth-order valence-electron chi connectivity index (χ4n) is 4.21.